The molecule has 0 aromatic rings. The molecule has 0 aromatic carbocycles. The normalized spacial score (nSPS) is 40.1. The van der Waals surface area contributed by atoms with Crippen LogP contribution in [-0.2, 0) is 19.2 Å². The lowest BCUT2D eigenvalue weighted by molar-refractivity contribution is -0.151. The van der Waals surface area contributed by atoms with Crippen molar-refractivity contribution in [2.75, 3.05) is 0 Å². The molecule has 3 unspecified atom stereocenters. The molecule has 1 saturated heterocycles. The molecule has 0 radical (unpaired) electrons. The Hall–Kier alpha value is -1.92. The van der Waals surface area contributed by atoms with Crippen LogP contribution in [0.15, 0.2) is 0 Å². The fraction of sp³-hybridized carbons (Fsp3) is 0.692. The molecule has 3 fully saturated rings. The fourth-order valence-corrected chi connectivity index (χ4v) is 4.48. The quantitative estimate of drug-likeness (QED) is 0.470. The molecule has 1 heterocycles. The number of hydrogen-bond donors (Lipinski definition) is 3. The summed E-state index contributed by atoms with van der Waals surface area (Å²) < 4.78 is 0. The molecular formula is C13H16N2O5. The molecule has 0 aromatic heterocycles. The molecule has 3 amide bonds. The number of nitrogens with two attached hydrogens (primary N) is 1. The summed E-state index contributed by atoms with van der Waals surface area (Å²) in [5.41, 5.74) is 1.48. The Balaban J connectivity index is 2.10. The van der Waals surface area contributed by atoms with Gasteiger partial charge in [0.05, 0.1) is 0 Å². The van der Waals surface area contributed by atoms with E-state index in [1.807, 2.05) is 5.32 Å². The second kappa shape index (κ2) is 3.80. The Morgan fingerprint density at radius 2 is 1.65 bits per heavy atom. The van der Waals surface area contributed by atoms with Crippen LogP contribution in [-0.4, -0.2) is 28.8 Å². The Labute approximate surface area is 114 Å². The Bertz CT molecular complexity index is 501. The highest BCUT2D eigenvalue weighted by molar-refractivity contribution is 6.32. The first-order valence-electron chi connectivity index (χ1n) is 6.81. The van der Waals surface area contributed by atoms with Crippen molar-refractivity contribution in [3.05, 3.63) is 0 Å². The third-order valence-corrected chi connectivity index (χ3v) is 5.26. The van der Waals surface area contributed by atoms with E-state index in [4.69, 9.17) is 5.73 Å². The SMILES string of the molecule is NC(=O)C12C(=O)NC(=O)C1(C(=O)O)C2C1CCCCC1. The minimum atomic E-state index is -1.97. The second-order valence-corrected chi connectivity index (χ2v) is 5.94. The van der Waals surface area contributed by atoms with E-state index in [9.17, 15) is 24.3 Å². The van der Waals surface area contributed by atoms with Crippen LogP contribution in [0.4, 0.5) is 0 Å². The van der Waals surface area contributed by atoms with Gasteiger partial charge in [-0.15, -0.1) is 0 Å². The van der Waals surface area contributed by atoms with Gasteiger partial charge in [0.15, 0.2) is 10.8 Å². The molecule has 3 aliphatic rings. The topological polar surface area (TPSA) is 127 Å². The van der Waals surface area contributed by atoms with Crippen molar-refractivity contribution in [1.29, 1.82) is 0 Å². The van der Waals surface area contributed by atoms with Crippen LogP contribution in [0, 0.1) is 22.7 Å². The van der Waals surface area contributed by atoms with Crippen molar-refractivity contribution in [2.24, 2.45) is 28.4 Å². The number of carbonyl (C=O) groups excluding carboxylic acids is 3. The maximum atomic E-state index is 12.1. The second-order valence-electron chi connectivity index (χ2n) is 5.94. The first-order chi connectivity index (χ1) is 9.41. The number of amides is 3. The number of aliphatic carboxylic acids is 1. The van der Waals surface area contributed by atoms with Crippen LogP contribution in [0.3, 0.4) is 0 Å². The number of carbonyl (C=O) groups is 4. The van der Waals surface area contributed by atoms with Crippen molar-refractivity contribution in [1.82, 2.24) is 5.32 Å². The summed E-state index contributed by atoms with van der Waals surface area (Å²) in [6.45, 7) is 0. The average molecular weight is 280 g/mol. The Morgan fingerprint density at radius 3 is 2.10 bits per heavy atom. The van der Waals surface area contributed by atoms with E-state index in [1.54, 1.807) is 0 Å². The number of nitrogens with one attached hydrogen (secondary N) is 1. The molecule has 108 valence electrons. The molecule has 4 N–H and O–H groups in total. The van der Waals surface area contributed by atoms with Crippen molar-refractivity contribution >= 4 is 23.7 Å². The van der Waals surface area contributed by atoms with Gasteiger partial charge in [-0.05, 0) is 5.92 Å². The minimum absolute atomic E-state index is 0.109. The predicted molar refractivity (Wildman–Crippen MR) is 64.9 cm³/mol. The summed E-state index contributed by atoms with van der Waals surface area (Å²) in [5, 5.41) is 11.5. The minimum Gasteiger partial charge on any atom is -0.480 e. The first kappa shape index (κ1) is 13.1. The number of imide groups is 1. The Morgan fingerprint density at radius 1 is 1.10 bits per heavy atom. The smallest absolute Gasteiger partial charge is 0.321 e. The van der Waals surface area contributed by atoms with Gasteiger partial charge in [-0.1, -0.05) is 32.1 Å². The maximum absolute atomic E-state index is 12.1. The number of rotatable bonds is 3. The van der Waals surface area contributed by atoms with Crippen LogP contribution < -0.4 is 11.1 Å². The third-order valence-electron chi connectivity index (χ3n) is 5.26. The molecule has 7 nitrogen and oxygen atoms in total. The average Bonchev–Trinajstić information content (AvgIpc) is 2.99. The van der Waals surface area contributed by atoms with Gasteiger partial charge >= 0.3 is 5.97 Å². The number of carboxylic acid groups (broad SMARTS) is 1. The third kappa shape index (κ3) is 1.12. The zero-order chi connectivity index (χ0) is 14.7. The highest BCUT2D eigenvalue weighted by Gasteiger charge is 2.95. The van der Waals surface area contributed by atoms with Crippen molar-refractivity contribution in [3.8, 4) is 0 Å². The molecule has 1 aliphatic heterocycles. The molecule has 3 rings (SSSR count). The number of hydrogen-bond acceptors (Lipinski definition) is 4. The molecule has 0 bridgehead atoms. The van der Waals surface area contributed by atoms with Gasteiger partial charge in [-0.3, -0.25) is 24.5 Å². The van der Waals surface area contributed by atoms with Gasteiger partial charge in [0.1, 0.15) is 0 Å². The lowest BCUT2D eigenvalue weighted by Crippen LogP contribution is -2.40. The molecule has 0 spiro atoms. The van der Waals surface area contributed by atoms with E-state index in [0.29, 0.717) is 0 Å². The monoisotopic (exact) mass is 280 g/mol. The van der Waals surface area contributed by atoms with Crippen LogP contribution in [0.1, 0.15) is 32.1 Å². The van der Waals surface area contributed by atoms with E-state index in [2.05, 4.69) is 0 Å². The molecular weight excluding hydrogens is 264 g/mol. The number of carboxylic acids is 1. The summed E-state index contributed by atoms with van der Waals surface area (Å²) in [6, 6.07) is 0. The molecule has 3 atom stereocenters. The zero-order valence-corrected chi connectivity index (χ0v) is 10.8. The fourth-order valence-electron chi connectivity index (χ4n) is 4.48. The Kier molecular flexibility index (Phi) is 2.49. The van der Waals surface area contributed by atoms with Gasteiger partial charge < -0.3 is 10.8 Å². The van der Waals surface area contributed by atoms with Crippen molar-refractivity contribution in [3.63, 3.8) is 0 Å². The summed E-state index contributed by atoms with van der Waals surface area (Å²) in [7, 11) is 0. The van der Waals surface area contributed by atoms with E-state index < -0.39 is 40.4 Å². The summed E-state index contributed by atoms with van der Waals surface area (Å²) in [4.78, 5) is 47.6. The van der Waals surface area contributed by atoms with E-state index >= 15 is 0 Å². The largest absolute Gasteiger partial charge is 0.480 e. The maximum Gasteiger partial charge on any atom is 0.321 e. The van der Waals surface area contributed by atoms with Gasteiger partial charge in [0.2, 0.25) is 17.7 Å². The van der Waals surface area contributed by atoms with Crippen LogP contribution in [0.5, 0.6) is 0 Å². The molecule has 20 heavy (non-hydrogen) atoms. The van der Waals surface area contributed by atoms with E-state index in [1.165, 1.54) is 0 Å². The van der Waals surface area contributed by atoms with E-state index in [-0.39, 0.29) is 5.92 Å². The first-order valence-corrected chi connectivity index (χ1v) is 6.81. The predicted octanol–water partition coefficient (Wildman–Crippen LogP) is -0.604. The van der Waals surface area contributed by atoms with Gasteiger partial charge in [-0.25, -0.2) is 0 Å². The van der Waals surface area contributed by atoms with Gasteiger partial charge in [0.25, 0.3) is 0 Å². The highest BCUT2D eigenvalue weighted by Crippen LogP contribution is 2.75. The van der Waals surface area contributed by atoms with E-state index in [0.717, 1.165) is 32.1 Å². The van der Waals surface area contributed by atoms with Crippen LogP contribution in [0.2, 0.25) is 0 Å². The molecule has 2 aliphatic carbocycles. The van der Waals surface area contributed by atoms with Crippen molar-refractivity contribution in [2.45, 2.75) is 32.1 Å². The highest BCUT2D eigenvalue weighted by atomic mass is 16.4. The van der Waals surface area contributed by atoms with Crippen LogP contribution in [0.25, 0.3) is 0 Å². The number of primary amides is 1. The number of piperidine rings is 1. The molecule has 2 saturated carbocycles. The van der Waals surface area contributed by atoms with Gasteiger partial charge in [-0.2, -0.15) is 0 Å². The lowest BCUT2D eigenvalue weighted by Gasteiger charge is -2.24. The number of fused-ring (bicyclic) bond motifs is 1. The molecule has 7 heteroatoms. The summed E-state index contributed by atoms with van der Waals surface area (Å²) in [5.74, 6) is -5.04. The van der Waals surface area contributed by atoms with Crippen LogP contribution >= 0.6 is 0 Å². The van der Waals surface area contributed by atoms with Gasteiger partial charge in [0, 0.05) is 5.92 Å². The standard InChI is InChI=1S/C13H16N2O5/c14-8(16)12-7(6-4-2-1-3-5-6)13(12,11(19)20)10(18)15-9(12)17/h6-7H,1-5H2,(H2,14,16)(H,19,20)(H,15,17,18). The summed E-state index contributed by atoms with van der Waals surface area (Å²) in [6.07, 6.45) is 4.35. The lowest BCUT2D eigenvalue weighted by atomic mass is 9.81. The summed E-state index contributed by atoms with van der Waals surface area (Å²) >= 11 is 0. The van der Waals surface area contributed by atoms with Crippen molar-refractivity contribution < 1.29 is 24.3 Å². The zero-order valence-electron chi connectivity index (χ0n) is 10.8.